The molecule has 0 bridgehead atoms. The largest absolute Gasteiger partial charge is 0.196 e. The molecule has 15 heavy (non-hydrogen) atoms. The molecule has 0 spiro atoms. The Balaban J connectivity index is 2.16. The van der Waals surface area contributed by atoms with E-state index in [1.165, 1.54) is 0 Å². The summed E-state index contributed by atoms with van der Waals surface area (Å²) in [5.74, 6) is 1.39. The highest BCUT2D eigenvalue weighted by molar-refractivity contribution is 6.29. The molecule has 2 heterocycles. The normalized spacial score (nSPS) is 23.3. The van der Waals surface area contributed by atoms with Crippen LogP contribution in [0.2, 0.25) is 5.15 Å². The van der Waals surface area contributed by atoms with E-state index in [0.717, 1.165) is 17.9 Å². The van der Waals surface area contributed by atoms with Gasteiger partial charge in [-0.3, -0.25) is 0 Å². The third-order valence-corrected chi connectivity index (χ3v) is 3.28. The summed E-state index contributed by atoms with van der Waals surface area (Å²) in [5, 5.41) is 13.0. The molecule has 0 N–H and O–H groups in total. The molecular weight excluding hydrogens is 212 g/mol. The van der Waals surface area contributed by atoms with Gasteiger partial charge in [0, 0.05) is 5.92 Å². The topological polar surface area (TPSA) is 43.1 Å². The SMILES string of the molecule is CC1(C)CC1c1nnc2ccc(Cl)nn12. The third kappa shape index (κ3) is 1.32. The van der Waals surface area contributed by atoms with Crippen LogP contribution in [0.4, 0.5) is 0 Å². The fourth-order valence-electron chi connectivity index (χ4n) is 1.91. The number of hydrogen-bond donors (Lipinski definition) is 0. The van der Waals surface area contributed by atoms with Gasteiger partial charge in [0.25, 0.3) is 0 Å². The van der Waals surface area contributed by atoms with Crippen molar-refractivity contribution in [3.8, 4) is 0 Å². The maximum absolute atomic E-state index is 5.86. The monoisotopic (exact) mass is 222 g/mol. The van der Waals surface area contributed by atoms with E-state index in [1.807, 2.05) is 6.07 Å². The standard InChI is InChI=1S/C10H11ClN4/c1-10(2)5-6(10)9-13-12-8-4-3-7(11)14-15(8)9/h3-4,6H,5H2,1-2H3. The summed E-state index contributed by atoms with van der Waals surface area (Å²) in [5.41, 5.74) is 1.09. The van der Waals surface area contributed by atoms with E-state index in [9.17, 15) is 0 Å². The number of aromatic nitrogens is 4. The van der Waals surface area contributed by atoms with Crippen LogP contribution in [-0.4, -0.2) is 19.8 Å². The molecule has 4 nitrogen and oxygen atoms in total. The van der Waals surface area contributed by atoms with E-state index in [4.69, 9.17) is 11.6 Å². The van der Waals surface area contributed by atoms with Crippen LogP contribution in [0.3, 0.4) is 0 Å². The first-order valence-corrected chi connectivity index (χ1v) is 5.33. The van der Waals surface area contributed by atoms with Gasteiger partial charge in [0.15, 0.2) is 11.5 Å². The van der Waals surface area contributed by atoms with Gasteiger partial charge >= 0.3 is 0 Å². The molecule has 0 amide bonds. The predicted molar refractivity (Wildman–Crippen MR) is 56.9 cm³/mol. The molecule has 0 saturated heterocycles. The zero-order chi connectivity index (χ0) is 10.6. The quantitative estimate of drug-likeness (QED) is 0.744. The molecule has 3 rings (SSSR count). The Bertz CT molecular complexity index is 531. The molecule has 1 aliphatic rings. The number of halogens is 1. The molecule has 5 heteroatoms. The highest BCUT2D eigenvalue weighted by Gasteiger charge is 2.49. The smallest absolute Gasteiger partial charge is 0.178 e. The second-order valence-corrected chi connectivity index (χ2v) is 5.12. The van der Waals surface area contributed by atoms with Gasteiger partial charge in [-0.15, -0.1) is 10.2 Å². The van der Waals surface area contributed by atoms with Gasteiger partial charge < -0.3 is 0 Å². The summed E-state index contributed by atoms with van der Waals surface area (Å²) < 4.78 is 1.75. The first-order chi connectivity index (χ1) is 7.08. The lowest BCUT2D eigenvalue weighted by atomic mass is 10.1. The minimum atomic E-state index is 0.326. The molecule has 1 unspecified atom stereocenters. The Hall–Kier alpha value is -1.16. The van der Waals surface area contributed by atoms with Crippen LogP contribution < -0.4 is 0 Å². The van der Waals surface area contributed by atoms with E-state index in [0.29, 0.717) is 16.5 Å². The van der Waals surface area contributed by atoms with E-state index in [2.05, 4.69) is 29.1 Å². The van der Waals surface area contributed by atoms with Crippen LogP contribution in [0, 0.1) is 5.41 Å². The molecule has 1 aliphatic carbocycles. The Morgan fingerprint density at radius 1 is 1.40 bits per heavy atom. The van der Waals surface area contributed by atoms with Crippen molar-refractivity contribution in [1.82, 2.24) is 19.8 Å². The fraction of sp³-hybridized carbons (Fsp3) is 0.500. The molecule has 1 atom stereocenters. The summed E-state index contributed by atoms with van der Waals surface area (Å²) in [6.07, 6.45) is 1.14. The Morgan fingerprint density at radius 3 is 2.80 bits per heavy atom. The first kappa shape index (κ1) is 9.09. The van der Waals surface area contributed by atoms with E-state index < -0.39 is 0 Å². The summed E-state index contributed by atoms with van der Waals surface area (Å²) in [6.45, 7) is 4.45. The van der Waals surface area contributed by atoms with Gasteiger partial charge in [0.1, 0.15) is 5.15 Å². The Labute approximate surface area is 92.3 Å². The molecular formula is C10H11ClN4. The summed E-state index contributed by atoms with van der Waals surface area (Å²) in [7, 11) is 0. The average Bonchev–Trinajstić information content (AvgIpc) is 2.64. The second-order valence-electron chi connectivity index (χ2n) is 4.73. The molecule has 0 radical (unpaired) electrons. The van der Waals surface area contributed by atoms with Crippen LogP contribution >= 0.6 is 11.6 Å². The van der Waals surface area contributed by atoms with Gasteiger partial charge in [-0.05, 0) is 24.0 Å². The maximum atomic E-state index is 5.86. The van der Waals surface area contributed by atoms with Crippen LogP contribution in [0.15, 0.2) is 12.1 Å². The van der Waals surface area contributed by atoms with Gasteiger partial charge in [-0.1, -0.05) is 25.4 Å². The lowest BCUT2D eigenvalue weighted by Gasteiger charge is -2.00. The van der Waals surface area contributed by atoms with Crippen molar-refractivity contribution in [3.05, 3.63) is 23.1 Å². The van der Waals surface area contributed by atoms with Crippen molar-refractivity contribution < 1.29 is 0 Å². The Morgan fingerprint density at radius 2 is 2.13 bits per heavy atom. The Kier molecular flexibility index (Phi) is 1.63. The van der Waals surface area contributed by atoms with Gasteiger partial charge in [-0.25, -0.2) is 0 Å². The van der Waals surface area contributed by atoms with Crippen molar-refractivity contribution >= 4 is 17.2 Å². The number of nitrogens with zero attached hydrogens (tertiary/aromatic N) is 4. The van der Waals surface area contributed by atoms with E-state index in [1.54, 1.807) is 10.6 Å². The van der Waals surface area contributed by atoms with Crippen molar-refractivity contribution in [1.29, 1.82) is 0 Å². The lowest BCUT2D eigenvalue weighted by molar-refractivity contribution is 0.600. The number of fused-ring (bicyclic) bond motifs is 1. The van der Waals surface area contributed by atoms with Crippen molar-refractivity contribution in [2.45, 2.75) is 26.2 Å². The maximum Gasteiger partial charge on any atom is 0.178 e. The van der Waals surface area contributed by atoms with Crippen molar-refractivity contribution in [2.24, 2.45) is 5.41 Å². The zero-order valence-corrected chi connectivity index (χ0v) is 9.36. The number of hydrogen-bond acceptors (Lipinski definition) is 3. The average molecular weight is 223 g/mol. The van der Waals surface area contributed by atoms with E-state index in [-0.39, 0.29) is 0 Å². The van der Waals surface area contributed by atoms with Crippen LogP contribution in [0.25, 0.3) is 5.65 Å². The molecule has 2 aromatic heterocycles. The predicted octanol–water partition coefficient (Wildman–Crippen LogP) is 2.29. The molecule has 1 fully saturated rings. The lowest BCUT2D eigenvalue weighted by Crippen LogP contribution is -2.00. The molecule has 1 saturated carbocycles. The number of rotatable bonds is 1. The van der Waals surface area contributed by atoms with E-state index >= 15 is 0 Å². The third-order valence-electron chi connectivity index (χ3n) is 3.08. The highest BCUT2D eigenvalue weighted by atomic mass is 35.5. The van der Waals surface area contributed by atoms with Crippen LogP contribution in [-0.2, 0) is 0 Å². The minimum Gasteiger partial charge on any atom is -0.196 e. The minimum absolute atomic E-state index is 0.326. The highest BCUT2D eigenvalue weighted by Crippen LogP contribution is 2.57. The van der Waals surface area contributed by atoms with Gasteiger partial charge in [0.05, 0.1) is 0 Å². The van der Waals surface area contributed by atoms with Gasteiger partial charge in [0.2, 0.25) is 0 Å². The van der Waals surface area contributed by atoms with Crippen LogP contribution in [0.1, 0.15) is 32.0 Å². The molecule has 78 valence electrons. The van der Waals surface area contributed by atoms with Gasteiger partial charge in [-0.2, -0.15) is 9.61 Å². The van der Waals surface area contributed by atoms with Crippen molar-refractivity contribution in [2.75, 3.05) is 0 Å². The first-order valence-electron chi connectivity index (χ1n) is 4.96. The molecule has 2 aromatic rings. The summed E-state index contributed by atoms with van der Waals surface area (Å²) >= 11 is 5.86. The summed E-state index contributed by atoms with van der Waals surface area (Å²) in [4.78, 5) is 0. The zero-order valence-electron chi connectivity index (χ0n) is 8.61. The molecule has 0 aliphatic heterocycles. The second kappa shape index (κ2) is 2.70. The fourth-order valence-corrected chi connectivity index (χ4v) is 2.05. The molecule has 0 aromatic carbocycles. The summed E-state index contributed by atoms with van der Waals surface area (Å²) in [6, 6.07) is 3.56. The van der Waals surface area contributed by atoms with Crippen molar-refractivity contribution in [3.63, 3.8) is 0 Å². The van der Waals surface area contributed by atoms with Crippen LogP contribution in [0.5, 0.6) is 0 Å².